The molecule has 3 heteroatoms. The molecular weight excluding hydrogens is 236 g/mol. The zero-order valence-corrected chi connectivity index (χ0v) is 11.8. The van der Waals surface area contributed by atoms with E-state index in [-0.39, 0.29) is 5.75 Å². The van der Waals surface area contributed by atoms with Crippen LogP contribution in [0.4, 0.5) is 0 Å². The van der Waals surface area contributed by atoms with Gasteiger partial charge in [-0.25, -0.2) is 0 Å². The Morgan fingerprint density at radius 3 is 2.29 bits per heavy atom. The highest BCUT2D eigenvalue weighted by atomic mass is 35.5. The summed E-state index contributed by atoms with van der Waals surface area (Å²) in [6.45, 7) is 8.07. The van der Waals surface area contributed by atoms with Crippen molar-refractivity contribution in [2.24, 2.45) is 0 Å². The average molecular weight is 259 g/mol. The van der Waals surface area contributed by atoms with Gasteiger partial charge in [-0.05, 0) is 43.5 Å². The van der Waals surface area contributed by atoms with Crippen molar-refractivity contribution in [3.8, 4) is 5.75 Å². The Labute approximate surface area is 110 Å². The van der Waals surface area contributed by atoms with E-state index in [1.807, 2.05) is 6.92 Å². The Morgan fingerprint density at radius 2 is 1.82 bits per heavy atom. The van der Waals surface area contributed by atoms with Crippen LogP contribution >= 0.6 is 11.6 Å². The number of unbranched alkanes of at least 4 members (excludes halogenated alkanes) is 1. The van der Waals surface area contributed by atoms with Gasteiger partial charge in [0.25, 0.3) is 0 Å². The molecule has 0 spiro atoms. The third-order valence-electron chi connectivity index (χ3n) is 2.02. The number of ether oxygens (including phenoxy) is 1. The molecule has 0 heterocycles. The van der Waals surface area contributed by atoms with Gasteiger partial charge >= 0.3 is 0 Å². The van der Waals surface area contributed by atoms with Crippen LogP contribution in [0.25, 0.3) is 0 Å². The Hall–Kier alpha value is -0.730. The Balaban J connectivity index is 0.000000304. The second-order valence-electron chi connectivity index (χ2n) is 3.95. The minimum absolute atomic E-state index is 0.222. The first-order valence-electron chi connectivity index (χ1n) is 6.14. The van der Waals surface area contributed by atoms with Crippen molar-refractivity contribution < 1.29 is 9.84 Å². The van der Waals surface area contributed by atoms with Crippen LogP contribution in [0.3, 0.4) is 0 Å². The van der Waals surface area contributed by atoms with E-state index in [9.17, 15) is 0 Å². The first kappa shape index (κ1) is 16.3. The van der Waals surface area contributed by atoms with Crippen LogP contribution in [0.5, 0.6) is 5.75 Å². The summed E-state index contributed by atoms with van der Waals surface area (Å²) >= 11 is 5.59. The Bertz CT molecular complexity index is 244. The van der Waals surface area contributed by atoms with Gasteiger partial charge in [0.1, 0.15) is 5.75 Å². The normalized spacial score (nSPS) is 9.65. The number of aryl methyl sites for hydroxylation is 1. The predicted octanol–water partition coefficient (Wildman–Crippen LogP) is 4.57. The van der Waals surface area contributed by atoms with E-state index >= 15 is 0 Å². The molecule has 0 bridgehead atoms. The number of phenolic OH excluding ortho intramolecular Hbond substituents is 1. The molecule has 0 radical (unpaired) electrons. The molecule has 98 valence electrons. The molecule has 1 aromatic carbocycles. The second kappa shape index (κ2) is 10.4. The third kappa shape index (κ3) is 10.2. The van der Waals surface area contributed by atoms with E-state index < -0.39 is 0 Å². The summed E-state index contributed by atoms with van der Waals surface area (Å²) < 4.78 is 5.22. The summed E-state index contributed by atoms with van der Waals surface area (Å²) in [6.07, 6.45) is 3.59. The van der Waals surface area contributed by atoms with Gasteiger partial charge in [-0.3, -0.25) is 0 Å². The zero-order valence-electron chi connectivity index (χ0n) is 11.0. The zero-order chi connectivity index (χ0) is 13.1. The van der Waals surface area contributed by atoms with Gasteiger partial charge in [0.15, 0.2) is 0 Å². The lowest BCUT2D eigenvalue weighted by atomic mass is 10.2. The largest absolute Gasteiger partial charge is 0.508 e. The van der Waals surface area contributed by atoms with Gasteiger partial charge in [-0.15, -0.1) is 0 Å². The molecule has 0 amide bonds. The number of rotatable bonds is 5. The molecule has 2 nitrogen and oxygen atoms in total. The maximum absolute atomic E-state index is 8.91. The molecule has 0 atom stereocenters. The van der Waals surface area contributed by atoms with Gasteiger partial charge < -0.3 is 9.84 Å². The minimum atomic E-state index is 0.222. The average Bonchev–Trinajstić information content (AvgIpc) is 2.23. The molecule has 0 fully saturated rings. The number of halogens is 1. The van der Waals surface area contributed by atoms with E-state index in [4.69, 9.17) is 21.4 Å². The SMILES string of the molecule is CCCCOCCC.Cc1cc(O)cc(Cl)c1. The fourth-order valence-electron chi connectivity index (χ4n) is 1.21. The van der Waals surface area contributed by atoms with Crippen molar-refractivity contribution in [3.05, 3.63) is 28.8 Å². The second-order valence-corrected chi connectivity index (χ2v) is 4.39. The smallest absolute Gasteiger partial charge is 0.117 e. The third-order valence-corrected chi connectivity index (χ3v) is 2.24. The number of hydrogen-bond acceptors (Lipinski definition) is 2. The Kier molecular flexibility index (Phi) is 9.98. The molecule has 17 heavy (non-hydrogen) atoms. The minimum Gasteiger partial charge on any atom is -0.508 e. The highest BCUT2D eigenvalue weighted by molar-refractivity contribution is 6.30. The molecule has 1 N–H and O–H groups in total. The van der Waals surface area contributed by atoms with Crippen LogP contribution in [0.2, 0.25) is 5.02 Å². The highest BCUT2D eigenvalue weighted by Gasteiger charge is 1.91. The first-order valence-corrected chi connectivity index (χ1v) is 6.51. The molecule has 0 aliphatic rings. The van der Waals surface area contributed by atoms with Crippen LogP contribution in [-0.4, -0.2) is 18.3 Å². The monoisotopic (exact) mass is 258 g/mol. The summed E-state index contributed by atoms with van der Waals surface area (Å²) in [4.78, 5) is 0. The molecule has 0 aliphatic carbocycles. The summed E-state index contributed by atoms with van der Waals surface area (Å²) in [5, 5.41) is 9.49. The summed E-state index contributed by atoms with van der Waals surface area (Å²) in [6, 6.07) is 4.96. The van der Waals surface area contributed by atoms with Crippen molar-refractivity contribution in [1.29, 1.82) is 0 Å². The predicted molar refractivity (Wildman–Crippen MR) is 73.9 cm³/mol. The van der Waals surface area contributed by atoms with Gasteiger partial charge in [0, 0.05) is 18.2 Å². The van der Waals surface area contributed by atoms with Crippen LogP contribution in [0.15, 0.2) is 18.2 Å². The van der Waals surface area contributed by atoms with Gasteiger partial charge in [0.05, 0.1) is 0 Å². The number of benzene rings is 1. The topological polar surface area (TPSA) is 29.5 Å². The van der Waals surface area contributed by atoms with E-state index in [2.05, 4.69) is 13.8 Å². The van der Waals surface area contributed by atoms with Crippen molar-refractivity contribution >= 4 is 11.6 Å². The van der Waals surface area contributed by atoms with Crippen LogP contribution in [0.1, 0.15) is 38.7 Å². The first-order chi connectivity index (χ1) is 8.10. The van der Waals surface area contributed by atoms with E-state index in [0.29, 0.717) is 5.02 Å². The summed E-state index contributed by atoms with van der Waals surface area (Å²) in [5.74, 6) is 0.222. The standard InChI is InChI=1S/C7H7ClO.C7H16O/c1-5-2-6(8)4-7(9)3-5;1-3-5-7-8-6-4-2/h2-4,9H,1H3;3-7H2,1-2H3. The maximum Gasteiger partial charge on any atom is 0.117 e. The fourth-order valence-corrected chi connectivity index (χ4v) is 1.49. The molecule has 0 saturated carbocycles. The summed E-state index contributed by atoms with van der Waals surface area (Å²) in [5.41, 5.74) is 0.972. The van der Waals surface area contributed by atoms with Crippen molar-refractivity contribution in [2.45, 2.75) is 40.0 Å². The van der Waals surface area contributed by atoms with Gasteiger partial charge in [-0.2, -0.15) is 0 Å². The lowest BCUT2D eigenvalue weighted by Gasteiger charge is -1.97. The fraction of sp³-hybridized carbons (Fsp3) is 0.571. The van der Waals surface area contributed by atoms with E-state index in [1.54, 1.807) is 12.1 Å². The molecule has 0 aliphatic heterocycles. The molecule has 0 unspecified atom stereocenters. The van der Waals surface area contributed by atoms with E-state index in [0.717, 1.165) is 25.2 Å². The molecule has 0 saturated heterocycles. The van der Waals surface area contributed by atoms with Crippen LogP contribution in [-0.2, 0) is 4.74 Å². The summed E-state index contributed by atoms with van der Waals surface area (Å²) in [7, 11) is 0. The maximum atomic E-state index is 8.91. The highest BCUT2D eigenvalue weighted by Crippen LogP contribution is 2.18. The van der Waals surface area contributed by atoms with Crippen molar-refractivity contribution in [2.75, 3.05) is 13.2 Å². The number of phenols is 1. The van der Waals surface area contributed by atoms with E-state index in [1.165, 1.54) is 18.9 Å². The molecule has 1 rings (SSSR count). The lowest BCUT2D eigenvalue weighted by Crippen LogP contribution is -1.93. The molecular formula is C14H23ClO2. The molecule has 1 aromatic rings. The van der Waals surface area contributed by atoms with Crippen LogP contribution in [0, 0.1) is 6.92 Å². The van der Waals surface area contributed by atoms with Gasteiger partial charge in [-0.1, -0.05) is 31.9 Å². The van der Waals surface area contributed by atoms with Crippen LogP contribution < -0.4 is 0 Å². The Morgan fingerprint density at radius 1 is 1.12 bits per heavy atom. The van der Waals surface area contributed by atoms with Gasteiger partial charge in [0.2, 0.25) is 0 Å². The van der Waals surface area contributed by atoms with Crippen molar-refractivity contribution in [1.82, 2.24) is 0 Å². The van der Waals surface area contributed by atoms with Crippen molar-refractivity contribution in [3.63, 3.8) is 0 Å². The quantitative estimate of drug-likeness (QED) is 0.784. The number of hydrogen-bond donors (Lipinski definition) is 1. The number of aromatic hydroxyl groups is 1. The molecule has 0 aromatic heterocycles. The lowest BCUT2D eigenvalue weighted by molar-refractivity contribution is 0.132.